The van der Waals surface area contributed by atoms with Crippen molar-refractivity contribution >= 4 is 117 Å². The van der Waals surface area contributed by atoms with Gasteiger partial charge in [-0.15, -0.1) is 22.7 Å². The Kier molecular flexibility index (Phi) is 11.4. The molecule has 0 aliphatic rings. The van der Waals surface area contributed by atoms with Gasteiger partial charge in [0, 0.05) is 92.4 Å². The highest BCUT2D eigenvalue weighted by Crippen LogP contribution is 2.47. The molecule has 0 bridgehead atoms. The van der Waals surface area contributed by atoms with E-state index in [0.717, 1.165) is 114 Å². The SMILES string of the molecule is Cc1cc(-c2ccc(N(c3ccccc3)c3ccccc3)cc2)sc1-c1ccc(-c2sc(-c3ccc(N(c4ccccc4)c4ccccc4)cc3)cc2C)c2nc3c4cc(Br)cnc4c4ncccc4c3nc12. The number of thiophene rings is 2. The zero-order chi connectivity index (χ0) is 49.0. The topological polar surface area (TPSA) is 58.0 Å². The lowest BCUT2D eigenvalue weighted by atomic mass is 10.0. The first-order valence-electron chi connectivity index (χ1n) is 24.1. The Balaban J connectivity index is 0.938. The molecule has 13 rings (SSSR count). The van der Waals surface area contributed by atoms with E-state index in [-0.39, 0.29) is 0 Å². The van der Waals surface area contributed by atoms with Gasteiger partial charge < -0.3 is 9.80 Å². The largest absolute Gasteiger partial charge is 0.311 e. The van der Waals surface area contributed by atoms with Crippen molar-refractivity contribution in [2.24, 2.45) is 0 Å². The number of fused-ring (bicyclic) bond motifs is 7. The van der Waals surface area contributed by atoms with Crippen LogP contribution in [0.25, 0.3) is 85.6 Å². The minimum absolute atomic E-state index is 0.797. The van der Waals surface area contributed by atoms with Crippen molar-refractivity contribution in [1.29, 1.82) is 0 Å². The summed E-state index contributed by atoms with van der Waals surface area (Å²) >= 11 is 7.32. The summed E-state index contributed by atoms with van der Waals surface area (Å²) in [5, 5.41) is 1.83. The number of rotatable bonds is 10. The van der Waals surface area contributed by atoms with Gasteiger partial charge in [-0.05, 0) is 155 Å². The molecule has 73 heavy (non-hydrogen) atoms. The van der Waals surface area contributed by atoms with E-state index >= 15 is 0 Å². The van der Waals surface area contributed by atoms with Gasteiger partial charge in [-0.2, -0.15) is 0 Å². The fourth-order valence-corrected chi connectivity index (χ4v) is 12.7. The quantitative estimate of drug-likeness (QED) is 0.100. The summed E-state index contributed by atoms with van der Waals surface area (Å²) in [6.07, 6.45) is 3.66. The van der Waals surface area contributed by atoms with Gasteiger partial charge in [-0.3, -0.25) is 9.97 Å². The molecule has 0 aliphatic carbocycles. The van der Waals surface area contributed by atoms with Crippen LogP contribution in [0.3, 0.4) is 0 Å². The molecular weight excluding hydrogens is 997 g/mol. The molecule has 0 amide bonds. The fourth-order valence-electron chi connectivity index (χ4n) is 10.0. The maximum Gasteiger partial charge on any atom is 0.0997 e. The van der Waals surface area contributed by atoms with Crippen molar-refractivity contribution < 1.29 is 0 Å². The van der Waals surface area contributed by atoms with Crippen LogP contribution in [0.1, 0.15) is 11.1 Å². The number of aromatic nitrogens is 4. The Labute approximate surface area is 439 Å². The molecule has 6 nitrogen and oxygen atoms in total. The molecule has 0 radical (unpaired) electrons. The molecule has 0 unspecified atom stereocenters. The van der Waals surface area contributed by atoms with E-state index in [0.29, 0.717) is 0 Å². The number of para-hydroxylation sites is 4. The van der Waals surface area contributed by atoms with E-state index in [2.05, 4.69) is 246 Å². The molecule has 5 heterocycles. The van der Waals surface area contributed by atoms with Crippen molar-refractivity contribution in [3.05, 3.63) is 240 Å². The van der Waals surface area contributed by atoms with Crippen molar-refractivity contribution in [1.82, 2.24) is 19.9 Å². The van der Waals surface area contributed by atoms with E-state index in [1.165, 1.54) is 20.9 Å². The molecule has 0 saturated carbocycles. The minimum Gasteiger partial charge on any atom is -0.311 e. The second-order valence-electron chi connectivity index (χ2n) is 18.1. The molecule has 13 aromatic rings. The van der Waals surface area contributed by atoms with E-state index < -0.39 is 0 Å². The first-order valence-corrected chi connectivity index (χ1v) is 26.6. The van der Waals surface area contributed by atoms with Crippen molar-refractivity contribution in [3.63, 3.8) is 0 Å². The molecule has 5 aromatic heterocycles. The molecule has 0 spiro atoms. The minimum atomic E-state index is 0.797. The molecule has 0 atom stereocenters. The summed E-state index contributed by atoms with van der Waals surface area (Å²) in [7, 11) is 0. The van der Waals surface area contributed by atoms with Gasteiger partial charge in [0.05, 0.1) is 33.1 Å². The molecule has 0 fully saturated rings. The third-order valence-electron chi connectivity index (χ3n) is 13.4. The van der Waals surface area contributed by atoms with Crippen LogP contribution in [-0.2, 0) is 0 Å². The van der Waals surface area contributed by atoms with Gasteiger partial charge in [0.25, 0.3) is 0 Å². The number of nitrogens with zero attached hydrogens (tertiary/aromatic N) is 6. The lowest BCUT2D eigenvalue weighted by molar-refractivity contribution is 1.28. The Bertz CT molecular complexity index is 4090. The maximum absolute atomic E-state index is 5.69. The summed E-state index contributed by atoms with van der Waals surface area (Å²) in [5.41, 5.74) is 18.3. The second-order valence-corrected chi connectivity index (χ2v) is 21.1. The average molecular weight is 1040 g/mol. The molecule has 9 heteroatoms. The van der Waals surface area contributed by atoms with E-state index in [1.54, 1.807) is 22.7 Å². The smallest absolute Gasteiger partial charge is 0.0997 e. The van der Waals surface area contributed by atoms with Crippen LogP contribution in [0.4, 0.5) is 34.1 Å². The van der Waals surface area contributed by atoms with E-state index in [1.807, 2.05) is 18.5 Å². The summed E-state index contributed by atoms with van der Waals surface area (Å²) < 4.78 is 0.871. The van der Waals surface area contributed by atoms with Crippen LogP contribution in [-0.4, -0.2) is 19.9 Å². The van der Waals surface area contributed by atoms with Crippen LogP contribution < -0.4 is 9.80 Å². The molecule has 0 N–H and O–H groups in total. The van der Waals surface area contributed by atoms with Gasteiger partial charge in [-0.25, -0.2) is 9.97 Å². The average Bonchev–Trinajstić information content (AvgIpc) is 4.03. The van der Waals surface area contributed by atoms with E-state index in [4.69, 9.17) is 19.9 Å². The molecule has 0 aliphatic heterocycles. The third kappa shape index (κ3) is 8.12. The van der Waals surface area contributed by atoms with E-state index in [9.17, 15) is 0 Å². The fraction of sp³-hybridized carbons (Fsp3) is 0.0312. The summed E-state index contributed by atoms with van der Waals surface area (Å²) in [6.45, 7) is 4.42. The van der Waals surface area contributed by atoms with Crippen LogP contribution in [0, 0.1) is 13.8 Å². The van der Waals surface area contributed by atoms with Crippen molar-refractivity contribution in [2.45, 2.75) is 13.8 Å². The normalized spacial score (nSPS) is 11.5. The highest BCUT2D eigenvalue weighted by atomic mass is 79.9. The molecule has 0 saturated heterocycles. The summed E-state index contributed by atoms with van der Waals surface area (Å²) in [4.78, 5) is 30.4. The van der Waals surface area contributed by atoms with Crippen molar-refractivity contribution in [3.8, 4) is 41.8 Å². The predicted molar refractivity (Wildman–Crippen MR) is 312 cm³/mol. The lowest BCUT2D eigenvalue weighted by Crippen LogP contribution is -2.09. The van der Waals surface area contributed by atoms with Gasteiger partial charge in [-0.1, -0.05) is 109 Å². The van der Waals surface area contributed by atoms with Crippen LogP contribution in [0.5, 0.6) is 0 Å². The molecule has 348 valence electrons. The Hall–Kier alpha value is -8.34. The summed E-state index contributed by atoms with van der Waals surface area (Å²) in [6, 6.07) is 75.3. The predicted octanol–water partition coefficient (Wildman–Crippen LogP) is 19.0. The van der Waals surface area contributed by atoms with Gasteiger partial charge in [0.2, 0.25) is 0 Å². The Morgan fingerprint density at radius 2 is 0.767 bits per heavy atom. The van der Waals surface area contributed by atoms with Gasteiger partial charge in [0.15, 0.2) is 0 Å². The van der Waals surface area contributed by atoms with Gasteiger partial charge in [0.1, 0.15) is 0 Å². The highest BCUT2D eigenvalue weighted by molar-refractivity contribution is 9.10. The van der Waals surface area contributed by atoms with Crippen LogP contribution in [0.2, 0.25) is 0 Å². The first-order chi connectivity index (χ1) is 35.9. The summed E-state index contributed by atoms with van der Waals surface area (Å²) in [5.74, 6) is 0. The molecular formula is C64H43BrN6S2. The third-order valence-corrected chi connectivity index (χ3v) is 16.5. The number of anilines is 6. The van der Waals surface area contributed by atoms with Crippen LogP contribution in [0.15, 0.2) is 229 Å². The molecule has 8 aromatic carbocycles. The highest BCUT2D eigenvalue weighted by Gasteiger charge is 2.23. The monoisotopic (exact) mass is 1040 g/mol. The standard InChI is InChI=1S/C64H43BrN6S2/c1-40-36-55(42-25-29-49(30-26-42)70(45-16-7-3-8-17-45)46-18-9-4-10-19-46)72-63(40)52-33-34-53(61-60(52)68-59-51-24-15-35-66-57(51)58-54(62(59)69-61)38-44(65)39-67-58)64-41(2)37-56(73-64)43-27-31-50(32-28-43)71(47-20-11-5-12-21-47)48-22-13-6-14-23-48/h3-39H,1-2H3. The number of pyridine rings is 2. The number of hydrogen-bond acceptors (Lipinski definition) is 8. The number of benzene rings is 8. The number of aryl methyl sites for hydroxylation is 2. The number of halogens is 1. The number of hydrogen-bond donors (Lipinski definition) is 0. The Morgan fingerprint density at radius 3 is 1.21 bits per heavy atom. The Morgan fingerprint density at radius 1 is 0.370 bits per heavy atom. The van der Waals surface area contributed by atoms with Crippen LogP contribution >= 0.6 is 38.6 Å². The zero-order valence-corrected chi connectivity index (χ0v) is 43.0. The maximum atomic E-state index is 5.69. The first kappa shape index (κ1) is 44.6. The second kappa shape index (κ2) is 18.7. The van der Waals surface area contributed by atoms with Crippen molar-refractivity contribution in [2.75, 3.05) is 9.80 Å². The lowest BCUT2D eigenvalue weighted by Gasteiger charge is -2.25. The van der Waals surface area contributed by atoms with Gasteiger partial charge >= 0.3 is 0 Å². The zero-order valence-electron chi connectivity index (χ0n) is 39.7.